The predicted molar refractivity (Wildman–Crippen MR) is 130 cm³/mol. The smallest absolute Gasteiger partial charge is 0.406 e. The molecule has 0 saturated carbocycles. The first-order valence-corrected chi connectivity index (χ1v) is 10.7. The summed E-state index contributed by atoms with van der Waals surface area (Å²) in [4.78, 5) is 13.2. The van der Waals surface area contributed by atoms with Gasteiger partial charge in [-0.1, -0.05) is 29.8 Å². The van der Waals surface area contributed by atoms with Crippen molar-refractivity contribution in [2.75, 3.05) is 10.6 Å². The van der Waals surface area contributed by atoms with E-state index in [4.69, 9.17) is 23.8 Å². The van der Waals surface area contributed by atoms with Gasteiger partial charge in [-0.05, 0) is 62.0 Å². The molecule has 3 rings (SSSR count). The number of benzene rings is 2. The minimum Gasteiger partial charge on any atom is -0.406 e. The lowest BCUT2D eigenvalue weighted by atomic mass is 10.2. The Morgan fingerprint density at radius 2 is 1.71 bits per heavy atom. The third-order valence-electron chi connectivity index (χ3n) is 4.10. The summed E-state index contributed by atoms with van der Waals surface area (Å²) in [5.41, 5.74) is 2.70. The second-order valence-electron chi connectivity index (χ2n) is 7.05. The second kappa shape index (κ2) is 11.1. The molecule has 2 aromatic carbocycles. The number of nitrogens with one attached hydrogen (secondary N) is 3. The van der Waals surface area contributed by atoms with E-state index in [1.54, 1.807) is 18.2 Å². The number of guanidine groups is 1. The number of hydrogen-bond acceptors (Lipinski definition) is 5. The number of nitrogens with zero attached hydrogens (tertiary/aromatic N) is 3. The van der Waals surface area contributed by atoms with E-state index < -0.39 is 6.36 Å². The fourth-order valence-corrected chi connectivity index (χ4v) is 3.14. The van der Waals surface area contributed by atoms with Gasteiger partial charge in [0.1, 0.15) is 5.75 Å². The Kier molecular flexibility index (Phi) is 8.24. The number of rotatable bonds is 5. The summed E-state index contributed by atoms with van der Waals surface area (Å²) in [7, 11) is 0. The maximum absolute atomic E-state index is 12.5. The normalized spacial score (nSPS) is 11.6. The Morgan fingerprint density at radius 3 is 2.35 bits per heavy atom. The number of ether oxygens (including phenoxy) is 1. The van der Waals surface area contributed by atoms with Crippen LogP contribution in [0.5, 0.6) is 5.75 Å². The number of halogens is 4. The van der Waals surface area contributed by atoms with E-state index in [9.17, 15) is 13.2 Å². The molecule has 0 saturated heterocycles. The molecule has 1 heterocycles. The number of anilines is 2. The van der Waals surface area contributed by atoms with Gasteiger partial charge in [0.15, 0.2) is 5.11 Å². The number of aryl methyl sites for hydroxylation is 2. The molecule has 0 spiro atoms. The summed E-state index contributed by atoms with van der Waals surface area (Å²) in [5, 5.41) is 9.38. The number of aromatic nitrogens is 2. The van der Waals surface area contributed by atoms with Gasteiger partial charge in [-0.2, -0.15) is 0 Å². The quantitative estimate of drug-likeness (QED) is 0.235. The van der Waals surface area contributed by atoms with Crippen LogP contribution in [0.1, 0.15) is 17.0 Å². The minimum atomic E-state index is -4.80. The molecule has 178 valence electrons. The van der Waals surface area contributed by atoms with Crippen LogP contribution in [0, 0.1) is 13.8 Å². The maximum Gasteiger partial charge on any atom is 0.573 e. The van der Waals surface area contributed by atoms with Gasteiger partial charge < -0.3 is 15.4 Å². The van der Waals surface area contributed by atoms with Crippen molar-refractivity contribution in [2.45, 2.75) is 26.8 Å². The highest BCUT2D eigenvalue weighted by Gasteiger charge is 2.31. The molecule has 0 aliphatic heterocycles. The summed E-state index contributed by atoms with van der Waals surface area (Å²) in [5.74, 6) is 0.169. The van der Waals surface area contributed by atoms with Crippen LogP contribution in [0.2, 0.25) is 5.02 Å². The van der Waals surface area contributed by atoms with Crippen LogP contribution < -0.4 is 20.7 Å². The van der Waals surface area contributed by atoms with Gasteiger partial charge in [0.25, 0.3) is 0 Å². The van der Waals surface area contributed by atoms with Gasteiger partial charge in [-0.15, -0.1) is 13.2 Å². The Bertz CT molecular complexity index is 1170. The summed E-state index contributed by atoms with van der Waals surface area (Å²) >= 11 is 11.2. The molecule has 0 aliphatic rings. The molecule has 7 nitrogen and oxygen atoms in total. The fraction of sp³-hybridized carbons (Fsp3) is 0.182. The molecule has 12 heteroatoms. The third-order valence-corrected chi connectivity index (χ3v) is 4.56. The van der Waals surface area contributed by atoms with Crippen LogP contribution in [0.25, 0.3) is 0 Å². The summed E-state index contributed by atoms with van der Waals surface area (Å²) in [6.45, 7) is 3.95. The van der Waals surface area contributed by atoms with Gasteiger partial charge in [-0.25, -0.2) is 15.0 Å². The molecule has 3 N–H and O–H groups in total. The highest BCUT2D eigenvalue weighted by Crippen LogP contribution is 2.25. The number of alkyl halides is 3. The zero-order valence-corrected chi connectivity index (χ0v) is 19.6. The Morgan fingerprint density at radius 1 is 1.03 bits per heavy atom. The monoisotopic (exact) mass is 508 g/mol. The molecule has 0 bridgehead atoms. The maximum atomic E-state index is 12.5. The first-order valence-electron chi connectivity index (χ1n) is 9.88. The lowest BCUT2D eigenvalue weighted by molar-refractivity contribution is -0.274. The zero-order chi connectivity index (χ0) is 24.7. The molecule has 0 unspecified atom stereocenters. The van der Waals surface area contributed by atoms with Gasteiger partial charge in [-0.3, -0.25) is 5.32 Å². The Labute approximate surface area is 204 Å². The van der Waals surface area contributed by atoms with Crippen LogP contribution in [0.3, 0.4) is 0 Å². The topological polar surface area (TPSA) is 83.5 Å². The van der Waals surface area contributed by atoms with E-state index in [1.807, 2.05) is 32.0 Å². The minimum absolute atomic E-state index is 0.0795. The SMILES string of the molecule is Cc1cc(C)nc(NC(=NCc2ccc(Cl)cc2)NC(=S)Nc2cccc(OC(F)(F)F)c2)n1. The van der Waals surface area contributed by atoms with E-state index in [1.165, 1.54) is 18.2 Å². The van der Waals surface area contributed by atoms with Gasteiger partial charge in [0, 0.05) is 28.2 Å². The van der Waals surface area contributed by atoms with Crippen molar-refractivity contribution in [2.24, 2.45) is 4.99 Å². The molecule has 0 amide bonds. The van der Waals surface area contributed by atoms with E-state index in [-0.39, 0.29) is 23.4 Å². The van der Waals surface area contributed by atoms with E-state index in [2.05, 4.69) is 35.6 Å². The highest BCUT2D eigenvalue weighted by molar-refractivity contribution is 7.80. The average molecular weight is 509 g/mol. The van der Waals surface area contributed by atoms with Crippen LogP contribution >= 0.6 is 23.8 Å². The Hall–Kier alpha value is -3.44. The van der Waals surface area contributed by atoms with E-state index in [0.717, 1.165) is 17.0 Å². The third kappa shape index (κ3) is 8.49. The molecule has 1 aromatic heterocycles. The van der Waals surface area contributed by atoms with Crippen molar-refractivity contribution >= 4 is 46.5 Å². The number of aliphatic imine (C=N–C) groups is 1. The molecule has 34 heavy (non-hydrogen) atoms. The standard InChI is InChI=1S/C22H20ClF3N6OS/c1-13-10-14(2)29-20(28-13)31-19(27-12-15-6-8-16(23)9-7-15)32-21(34)30-17-4-3-5-18(11-17)33-22(24,25)26/h3-11H,12H2,1-2H3,(H3,27,28,29,30,31,32,34). The van der Waals surface area contributed by atoms with Gasteiger partial charge in [0.05, 0.1) is 6.54 Å². The van der Waals surface area contributed by atoms with Crippen LogP contribution in [-0.4, -0.2) is 27.4 Å². The molecular formula is C22H20ClF3N6OS. The molecule has 0 radical (unpaired) electrons. The van der Waals surface area contributed by atoms with Crippen LogP contribution in [0.15, 0.2) is 59.6 Å². The highest BCUT2D eigenvalue weighted by atomic mass is 35.5. The molecule has 0 fully saturated rings. The second-order valence-corrected chi connectivity index (χ2v) is 7.89. The lowest BCUT2D eigenvalue weighted by Gasteiger charge is -2.15. The largest absolute Gasteiger partial charge is 0.573 e. The van der Waals surface area contributed by atoms with Crippen molar-refractivity contribution in [1.82, 2.24) is 15.3 Å². The zero-order valence-electron chi connectivity index (χ0n) is 18.1. The molecule has 0 atom stereocenters. The fourth-order valence-electron chi connectivity index (χ4n) is 2.80. The number of hydrogen-bond donors (Lipinski definition) is 3. The lowest BCUT2D eigenvalue weighted by Crippen LogP contribution is -2.39. The first kappa shape index (κ1) is 25.2. The average Bonchev–Trinajstić information content (AvgIpc) is 2.71. The van der Waals surface area contributed by atoms with Crippen molar-refractivity contribution in [1.29, 1.82) is 0 Å². The van der Waals surface area contributed by atoms with Crippen molar-refractivity contribution in [3.05, 3.63) is 76.6 Å². The predicted octanol–water partition coefficient (Wildman–Crippen LogP) is 5.60. The Balaban J connectivity index is 1.75. The molecule has 3 aromatic rings. The van der Waals surface area contributed by atoms with E-state index >= 15 is 0 Å². The molecular weight excluding hydrogens is 489 g/mol. The summed E-state index contributed by atoms with van der Waals surface area (Å²) < 4.78 is 41.4. The van der Waals surface area contributed by atoms with Crippen LogP contribution in [0.4, 0.5) is 24.8 Å². The summed E-state index contributed by atoms with van der Waals surface area (Å²) in [6, 6.07) is 14.3. The van der Waals surface area contributed by atoms with Gasteiger partial charge in [0.2, 0.25) is 11.9 Å². The van der Waals surface area contributed by atoms with Crippen molar-refractivity contribution < 1.29 is 17.9 Å². The van der Waals surface area contributed by atoms with Crippen molar-refractivity contribution in [3.8, 4) is 5.75 Å². The van der Waals surface area contributed by atoms with Crippen molar-refractivity contribution in [3.63, 3.8) is 0 Å². The summed E-state index contributed by atoms with van der Waals surface area (Å²) in [6.07, 6.45) is -4.80. The van der Waals surface area contributed by atoms with Crippen LogP contribution in [-0.2, 0) is 6.54 Å². The first-order chi connectivity index (χ1) is 16.1. The van der Waals surface area contributed by atoms with Gasteiger partial charge >= 0.3 is 6.36 Å². The molecule has 0 aliphatic carbocycles. The van der Waals surface area contributed by atoms with E-state index in [0.29, 0.717) is 16.7 Å². The number of thiocarbonyl (C=S) groups is 1.